The first-order valence-electron chi connectivity index (χ1n) is 6.78. The first-order chi connectivity index (χ1) is 9.51. The molecule has 0 spiro atoms. The van der Waals surface area contributed by atoms with E-state index in [1.165, 1.54) is 16.2 Å². The maximum atomic E-state index is 5.76. The normalized spacial score (nSPS) is 15.3. The molecule has 108 valence electrons. The van der Waals surface area contributed by atoms with Crippen molar-refractivity contribution in [3.8, 4) is 10.8 Å². The Morgan fingerprint density at radius 1 is 1.35 bits per heavy atom. The highest BCUT2D eigenvalue weighted by molar-refractivity contribution is 7.98. The predicted octanol–water partition coefficient (Wildman–Crippen LogP) is 3.48. The lowest BCUT2D eigenvalue weighted by atomic mass is 10.1. The molecule has 2 aromatic heterocycles. The number of hydrogen-bond donors (Lipinski definition) is 1. The summed E-state index contributed by atoms with van der Waals surface area (Å²) in [5.41, 5.74) is 1.49. The van der Waals surface area contributed by atoms with Gasteiger partial charge in [-0.1, -0.05) is 0 Å². The molecule has 0 aromatic carbocycles. The van der Waals surface area contributed by atoms with Crippen LogP contribution in [0, 0.1) is 0 Å². The molecular weight excluding hydrogens is 290 g/mol. The first kappa shape index (κ1) is 14.1. The molecular formula is C14H19N3OS2. The number of rotatable bonds is 3. The fraction of sp³-hybridized carbons (Fsp3) is 0.571. The Bertz CT molecular complexity index is 574. The summed E-state index contributed by atoms with van der Waals surface area (Å²) in [5.74, 6) is 3.63. The SMILES string of the molecule is CC(C)(C)NCc1nnc(-c2cc3c(s2)CCSC3)o1. The molecule has 3 rings (SSSR count). The van der Waals surface area contributed by atoms with Gasteiger partial charge in [0.1, 0.15) is 0 Å². The van der Waals surface area contributed by atoms with E-state index in [1.807, 2.05) is 11.8 Å². The summed E-state index contributed by atoms with van der Waals surface area (Å²) in [5, 5.41) is 11.7. The average molecular weight is 309 g/mol. The van der Waals surface area contributed by atoms with Gasteiger partial charge >= 0.3 is 0 Å². The molecule has 0 atom stereocenters. The van der Waals surface area contributed by atoms with Gasteiger partial charge in [-0.2, -0.15) is 11.8 Å². The van der Waals surface area contributed by atoms with Crippen molar-refractivity contribution in [2.45, 2.75) is 45.0 Å². The van der Waals surface area contributed by atoms with Crippen LogP contribution in [0.2, 0.25) is 0 Å². The lowest BCUT2D eigenvalue weighted by Crippen LogP contribution is -2.35. The van der Waals surface area contributed by atoms with Gasteiger partial charge in [-0.3, -0.25) is 0 Å². The number of nitrogens with zero attached hydrogens (tertiary/aromatic N) is 2. The van der Waals surface area contributed by atoms with Crippen LogP contribution in [-0.4, -0.2) is 21.5 Å². The largest absolute Gasteiger partial charge is 0.419 e. The smallest absolute Gasteiger partial charge is 0.257 e. The minimum absolute atomic E-state index is 0.0495. The highest BCUT2D eigenvalue weighted by Gasteiger charge is 2.18. The summed E-state index contributed by atoms with van der Waals surface area (Å²) in [6, 6.07) is 2.21. The average Bonchev–Trinajstić information content (AvgIpc) is 3.01. The predicted molar refractivity (Wildman–Crippen MR) is 84.1 cm³/mol. The number of hydrogen-bond acceptors (Lipinski definition) is 6. The van der Waals surface area contributed by atoms with Gasteiger partial charge in [0.25, 0.3) is 5.89 Å². The van der Waals surface area contributed by atoms with Crippen molar-refractivity contribution in [3.05, 3.63) is 22.4 Å². The van der Waals surface area contributed by atoms with Crippen molar-refractivity contribution in [3.63, 3.8) is 0 Å². The van der Waals surface area contributed by atoms with Crippen molar-refractivity contribution < 1.29 is 4.42 Å². The topological polar surface area (TPSA) is 51.0 Å². The number of fused-ring (bicyclic) bond motifs is 1. The van der Waals surface area contributed by atoms with Gasteiger partial charge in [0, 0.05) is 16.2 Å². The van der Waals surface area contributed by atoms with Crippen LogP contribution in [0.4, 0.5) is 0 Å². The molecule has 2 aromatic rings. The van der Waals surface area contributed by atoms with Crippen LogP contribution < -0.4 is 5.32 Å². The lowest BCUT2D eigenvalue weighted by molar-refractivity contribution is 0.384. The van der Waals surface area contributed by atoms with Crippen LogP contribution >= 0.6 is 23.1 Å². The summed E-state index contributed by atoms with van der Waals surface area (Å²) >= 11 is 3.79. The van der Waals surface area contributed by atoms with Gasteiger partial charge in [-0.15, -0.1) is 21.5 Å². The van der Waals surface area contributed by atoms with Crippen LogP contribution in [0.1, 0.15) is 37.1 Å². The minimum atomic E-state index is 0.0495. The Labute approximate surface area is 127 Å². The van der Waals surface area contributed by atoms with Gasteiger partial charge in [0.15, 0.2) is 0 Å². The molecule has 1 aliphatic rings. The number of aryl methyl sites for hydroxylation is 1. The Balaban J connectivity index is 1.74. The molecule has 0 bridgehead atoms. The Morgan fingerprint density at radius 2 is 2.20 bits per heavy atom. The van der Waals surface area contributed by atoms with Crippen molar-refractivity contribution >= 4 is 23.1 Å². The van der Waals surface area contributed by atoms with Crippen LogP contribution in [0.3, 0.4) is 0 Å². The van der Waals surface area contributed by atoms with Gasteiger partial charge in [0.05, 0.1) is 11.4 Å². The third kappa shape index (κ3) is 3.24. The molecule has 6 heteroatoms. The minimum Gasteiger partial charge on any atom is -0.419 e. The van der Waals surface area contributed by atoms with Crippen LogP contribution in [0.25, 0.3) is 10.8 Å². The standard InChI is InChI=1S/C14H19N3OS2/c1-14(2,3)15-7-12-16-17-13(18-12)11-6-9-8-19-5-4-10(9)20-11/h6,15H,4-5,7-8H2,1-3H3. The van der Waals surface area contributed by atoms with E-state index < -0.39 is 0 Å². The highest BCUT2D eigenvalue weighted by atomic mass is 32.2. The second-order valence-corrected chi connectivity index (χ2v) is 8.21. The highest BCUT2D eigenvalue weighted by Crippen LogP contribution is 2.36. The number of aromatic nitrogens is 2. The third-order valence-corrected chi connectivity index (χ3v) is 5.31. The fourth-order valence-corrected chi connectivity index (χ4v) is 4.31. The van der Waals surface area contributed by atoms with E-state index in [0.717, 1.165) is 17.1 Å². The molecule has 0 fully saturated rings. The molecule has 20 heavy (non-hydrogen) atoms. The molecule has 0 aliphatic carbocycles. The van der Waals surface area contributed by atoms with E-state index >= 15 is 0 Å². The lowest BCUT2D eigenvalue weighted by Gasteiger charge is -2.18. The number of thiophene rings is 1. The van der Waals surface area contributed by atoms with E-state index in [0.29, 0.717) is 18.3 Å². The van der Waals surface area contributed by atoms with Crippen molar-refractivity contribution in [2.75, 3.05) is 5.75 Å². The van der Waals surface area contributed by atoms with E-state index in [2.05, 4.69) is 42.4 Å². The van der Waals surface area contributed by atoms with E-state index in [4.69, 9.17) is 4.42 Å². The summed E-state index contributed by atoms with van der Waals surface area (Å²) < 4.78 is 5.76. The summed E-state index contributed by atoms with van der Waals surface area (Å²) in [6.45, 7) is 6.97. The monoisotopic (exact) mass is 309 g/mol. The summed E-state index contributed by atoms with van der Waals surface area (Å²) in [4.78, 5) is 2.58. The van der Waals surface area contributed by atoms with Crippen molar-refractivity contribution in [1.82, 2.24) is 15.5 Å². The Morgan fingerprint density at radius 3 is 2.95 bits per heavy atom. The zero-order valence-electron chi connectivity index (χ0n) is 12.0. The maximum absolute atomic E-state index is 5.76. The molecule has 1 N–H and O–H groups in total. The molecule has 3 heterocycles. The number of nitrogens with one attached hydrogen (secondary N) is 1. The van der Waals surface area contributed by atoms with E-state index in [9.17, 15) is 0 Å². The second-order valence-electron chi connectivity index (χ2n) is 5.97. The molecule has 0 amide bonds. The molecule has 0 saturated carbocycles. The van der Waals surface area contributed by atoms with Gasteiger partial charge in [0.2, 0.25) is 5.89 Å². The fourth-order valence-electron chi connectivity index (χ4n) is 2.02. The van der Waals surface area contributed by atoms with E-state index in [1.54, 1.807) is 11.3 Å². The van der Waals surface area contributed by atoms with Crippen LogP contribution in [0.5, 0.6) is 0 Å². The third-order valence-electron chi connectivity index (χ3n) is 3.08. The number of thioether (sulfide) groups is 1. The van der Waals surface area contributed by atoms with Crippen molar-refractivity contribution in [2.24, 2.45) is 0 Å². The molecule has 4 nitrogen and oxygen atoms in total. The Hall–Kier alpha value is -0.850. The van der Waals surface area contributed by atoms with Gasteiger partial charge < -0.3 is 9.73 Å². The zero-order chi connectivity index (χ0) is 14.2. The second kappa shape index (κ2) is 5.50. The van der Waals surface area contributed by atoms with Crippen LogP contribution in [-0.2, 0) is 18.7 Å². The summed E-state index contributed by atoms with van der Waals surface area (Å²) in [7, 11) is 0. The van der Waals surface area contributed by atoms with Gasteiger partial charge in [-0.25, -0.2) is 0 Å². The molecule has 0 radical (unpaired) electrons. The zero-order valence-corrected chi connectivity index (χ0v) is 13.7. The van der Waals surface area contributed by atoms with Crippen LogP contribution in [0.15, 0.2) is 10.5 Å². The molecule has 0 unspecified atom stereocenters. The Kier molecular flexibility index (Phi) is 3.88. The summed E-state index contributed by atoms with van der Waals surface area (Å²) in [6.07, 6.45) is 1.16. The molecule has 1 aliphatic heterocycles. The van der Waals surface area contributed by atoms with Crippen molar-refractivity contribution in [1.29, 1.82) is 0 Å². The first-order valence-corrected chi connectivity index (χ1v) is 8.75. The van der Waals surface area contributed by atoms with E-state index in [-0.39, 0.29) is 5.54 Å². The quantitative estimate of drug-likeness (QED) is 0.940. The van der Waals surface area contributed by atoms with Gasteiger partial charge in [-0.05, 0) is 44.6 Å². The maximum Gasteiger partial charge on any atom is 0.257 e. The molecule has 0 saturated heterocycles.